The minimum Gasteiger partial charge on any atom is -0.350 e. The first kappa shape index (κ1) is 20.3. The minimum absolute atomic E-state index is 0.399. The normalized spacial score (nSPS) is 15.2. The number of hydrogen-bond donors (Lipinski definition) is 1. The predicted octanol–water partition coefficient (Wildman–Crippen LogP) is 6.90. The van der Waals surface area contributed by atoms with Crippen molar-refractivity contribution in [2.45, 2.75) is 44.6 Å². The molecule has 7 heteroatoms. The number of rotatable bonds is 4. The van der Waals surface area contributed by atoms with Gasteiger partial charge in [0.25, 0.3) is 0 Å². The van der Waals surface area contributed by atoms with E-state index in [-0.39, 0.29) is 0 Å². The van der Waals surface area contributed by atoms with E-state index in [0.29, 0.717) is 27.7 Å². The molecule has 2 aromatic heterocycles. The lowest BCUT2D eigenvalue weighted by Crippen LogP contribution is -2.20. The SMILES string of the molecule is Clc1ccc(-c2cc3nnc(NC4CCCCCC4)n3nc2-c2ccccc2Cl)cc1. The highest BCUT2D eigenvalue weighted by molar-refractivity contribution is 6.33. The number of fused-ring (bicyclic) bond motifs is 1. The van der Waals surface area contributed by atoms with Gasteiger partial charge in [-0.25, -0.2) is 0 Å². The second-order valence-corrected chi connectivity index (χ2v) is 8.86. The van der Waals surface area contributed by atoms with Crippen molar-refractivity contribution >= 4 is 34.8 Å². The van der Waals surface area contributed by atoms with Crippen molar-refractivity contribution in [1.82, 2.24) is 19.8 Å². The number of aromatic nitrogens is 4. The zero-order valence-corrected chi connectivity index (χ0v) is 18.6. The number of benzene rings is 2. The van der Waals surface area contributed by atoms with Gasteiger partial charge in [-0.1, -0.05) is 79.2 Å². The minimum atomic E-state index is 0.399. The number of halogens is 2. The molecular weight excluding hydrogens is 429 g/mol. The quantitative estimate of drug-likeness (QED) is 0.342. The molecule has 0 amide bonds. The van der Waals surface area contributed by atoms with Gasteiger partial charge in [0.05, 0.1) is 5.02 Å². The number of hydrogen-bond acceptors (Lipinski definition) is 4. The zero-order valence-electron chi connectivity index (χ0n) is 17.1. The molecule has 0 unspecified atom stereocenters. The smallest absolute Gasteiger partial charge is 0.246 e. The maximum Gasteiger partial charge on any atom is 0.246 e. The van der Waals surface area contributed by atoms with Gasteiger partial charge in [0.1, 0.15) is 5.69 Å². The third-order valence-electron chi connectivity index (χ3n) is 5.87. The first-order valence-corrected chi connectivity index (χ1v) is 11.5. The van der Waals surface area contributed by atoms with Crippen LogP contribution in [0.4, 0.5) is 5.95 Å². The maximum atomic E-state index is 6.56. The highest BCUT2D eigenvalue weighted by Crippen LogP contribution is 2.35. The summed E-state index contributed by atoms with van der Waals surface area (Å²) in [5.74, 6) is 0.679. The van der Waals surface area contributed by atoms with Crippen LogP contribution in [-0.2, 0) is 0 Å². The van der Waals surface area contributed by atoms with Gasteiger partial charge < -0.3 is 5.32 Å². The Morgan fingerprint density at radius 3 is 2.32 bits per heavy atom. The van der Waals surface area contributed by atoms with Gasteiger partial charge in [-0.05, 0) is 42.7 Å². The van der Waals surface area contributed by atoms with Crippen LogP contribution in [0.5, 0.6) is 0 Å². The van der Waals surface area contributed by atoms with Crippen LogP contribution in [0, 0.1) is 0 Å². The van der Waals surface area contributed by atoms with E-state index in [0.717, 1.165) is 35.2 Å². The Labute approximate surface area is 191 Å². The average molecular weight is 452 g/mol. The molecule has 2 aromatic carbocycles. The van der Waals surface area contributed by atoms with Crippen molar-refractivity contribution in [1.29, 1.82) is 0 Å². The lowest BCUT2D eigenvalue weighted by atomic mass is 10.00. The second kappa shape index (κ2) is 8.85. The van der Waals surface area contributed by atoms with E-state index in [4.69, 9.17) is 28.3 Å². The van der Waals surface area contributed by atoms with E-state index < -0.39 is 0 Å². The first-order chi connectivity index (χ1) is 15.2. The van der Waals surface area contributed by atoms with Crippen LogP contribution in [0.1, 0.15) is 38.5 Å². The highest BCUT2D eigenvalue weighted by Gasteiger charge is 2.19. The fourth-order valence-corrected chi connectivity index (χ4v) is 4.58. The molecule has 158 valence electrons. The Morgan fingerprint density at radius 2 is 1.58 bits per heavy atom. The van der Waals surface area contributed by atoms with Crippen LogP contribution in [0.3, 0.4) is 0 Å². The molecule has 1 saturated carbocycles. The Bertz CT molecular complexity index is 1190. The van der Waals surface area contributed by atoms with Crippen molar-refractivity contribution < 1.29 is 0 Å². The topological polar surface area (TPSA) is 55.1 Å². The van der Waals surface area contributed by atoms with Crippen LogP contribution in [-0.4, -0.2) is 25.9 Å². The highest BCUT2D eigenvalue weighted by atomic mass is 35.5. The standard InChI is InChI=1S/C24H23Cl2N5/c25-17-13-11-16(12-14-17)20-15-22-28-29-24(27-18-7-3-1-2-4-8-18)31(22)30-23(20)19-9-5-6-10-21(19)26/h5-6,9-15,18H,1-4,7-8H2,(H,27,29). The van der Waals surface area contributed by atoms with Gasteiger partial charge in [-0.3, -0.25) is 0 Å². The third-order valence-corrected chi connectivity index (χ3v) is 6.45. The summed E-state index contributed by atoms with van der Waals surface area (Å²) < 4.78 is 1.79. The lowest BCUT2D eigenvalue weighted by molar-refractivity contribution is 0.612. The molecule has 1 aliphatic carbocycles. The summed E-state index contributed by atoms with van der Waals surface area (Å²) in [5, 5.41) is 18.7. The van der Waals surface area contributed by atoms with Crippen molar-refractivity contribution in [2.75, 3.05) is 5.32 Å². The summed E-state index contributed by atoms with van der Waals surface area (Å²) in [6, 6.07) is 17.9. The molecule has 1 aliphatic rings. The van der Waals surface area contributed by atoms with Crippen LogP contribution in [0.2, 0.25) is 10.0 Å². The maximum absolute atomic E-state index is 6.56. The molecule has 5 nitrogen and oxygen atoms in total. The Balaban J connectivity index is 1.63. The number of anilines is 1. The van der Waals surface area contributed by atoms with Gasteiger partial charge in [-0.15, -0.1) is 10.2 Å². The third kappa shape index (κ3) is 4.25. The predicted molar refractivity (Wildman–Crippen MR) is 127 cm³/mol. The summed E-state index contributed by atoms with van der Waals surface area (Å²) in [6.07, 6.45) is 7.39. The summed E-state index contributed by atoms with van der Waals surface area (Å²) in [6.45, 7) is 0. The van der Waals surface area contributed by atoms with Crippen molar-refractivity contribution in [3.8, 4) is 22.4 Å². The fourth-order valence-electron chi connectivity index (χ4n) is 4.23. The summed E-state index contributed by atoms with van der Waals surface area (Å²) in [4.78, 5) is 0. The molecule has 1 N–H and O–H groups in total. The van der Waals surface area contributed by atoms with Crippen molar-refractivity contribution in [3.63, 3.8) is 0 Å². The van der Waals surface area contributed by atoms with Crippen LogP contribution in [0.15, 0.2) is 54.6 Å². The number of nitrogens with zero attached hydrogens (tertiary/aromatic N) is 4. The Kier molecular flexibility index (Phi) is 5.79. The van der Waals surface area contributed by atoms with E-state index in [2.05, 4.69) is 15.5 Å². The molecule has 1 fully saturated rings. The van der Waals surface area contributed by atoms with Crippen LogP contribution in [0.25, 0.3) is 28.0 Å². The number of nitrogens with one attached hydrogen (secondary N) is 1. The van der Waals surface area contributed by atoms with E-state index in [1.165, 1.54) is 25.7 Å². The van der Waals surface area contributed by atoms with Crippen LogP contribution < -0.4 is 5.32 Å². The fraction of sp³-hybridized carbons (Fsp3) is 0.292. The van der Waals surface area contributed by atoms with E-state index in [1.807, 2.05) is 54.6 Å². The summed E-state index contributed by atoms with van der Waals surface area (Å²) in [7, 11) is 0. The first-order valence-electron chi connectivity index (χ1n) is 10.7. The molecule has 0 atom stereocenters. The molecule has 5 rings (SSSR count). The molecule has 0 radical (unpaired) electrons. The monoisotopic (exact) mass is 451 g/mol. The molecule has 0 aliphatic heterocycles. The molecule has 0 spiro atoms. The van der Waals surface area contributed by atoms with E-state index >= 15 is 0 Å². The molecule has 4 aromatic rings. The van der Waals surface area contributed by atoms with E-state index in [9.17, 15) is 0 Å². The molecule has 2 heterocycles. The molecule has 31 heavy (non-hydrogen) atoms. The van der Waals surface area contributed by atoms with Gasteiger partial charge in [0, 0.05) is 22.2 Å². The summed E-state index contributed by atoms with van der Waals surface area (Å²) in [5.41, 5.74) is 4.27. The van der Waals surface area contributed by atoms with Gasteiger partial charge in [0.2, 0.25) is 5.95 Å². The lowest BCUT2D eigenvalue weighted by Gasteiger charge is -2.16. The zero-order chi connectivity index (χ0) is 21.2. The Hall–Kier alpha value is -2.63. The Morgan fingerprint density at radius 1 is 0.839 bits per heavy atom. The second-order valence-electron chi connectivity index (χ2n) is 8.02. The average Bonchev–Trinajstić information content (AvgIpc) is 2.99. The van der Waals surface area contributed by atoms with Gasteiger partial charge in [0.15, 0.2) is 5.65 Å². The van der Waals surface area contributed by atoms with Crippen molar-refractivity contribution in [2.24, 2.45) is 0 Å². The molecular formula is C24H23Cl2N5. The largest absolute Gasteiger partial charge is 0.350 e. The van der Waals surface area contributed by atoms with Crippen LogP contribution >= 0.6 is 23.2 Å². The van der Waals surface area contributed by atoms with Crippen molar-refractivity contribution in [3.05, 3.63) is 64.6 Å². The van der Waals surface area contributed by atoms with E-state index in [1.54, 1.807) is 4.52 Å². The summed E-state index contributed by atoms with van der Waals surface area (Å²) >= 11 is 12.7. The molecule has 0 bridgehead atoms. The van der Waals surface area contributed by atoms with Gasteiger partial charge in [-0.2, -0.15) is 9.61 Å². The van der Waals surface area contributed by atoms with Gasteiger partial charge >= 0.3 is 0 Å². The molecule has 0 saturated heterocycles.